The van der Waals surface area contributed by atoms with Crippen molar-refractivity contribution in [3.8, 4) is 0 Å². The molecule has 0 heterocycles. The minimum atomic E-state index is -0.876. The topological polar surface area (TPSA) is 103 Å². The quantitative estimate of drug-likeness (QED) is 0.0776. The number of benzene rings is 1. The normalized spacial score (nSPS) is 16.9. The Bertz CT molecular complexity index is 806. The smallest absolute Gasteiger partial charge is 0.129 e. The number of β-amino-alcohol motifs (C(OH)–C–C–N with tert-alkyl or cyclic N) is 1. The molecule has 0 spiro atoms. The highest BCUT2D eigenvalue weighted by molar-refractivity contribution is 5.24. The van der Waals surface area contributed by atoms with Crippen LogP contribution in [0.25, 0.3) is 0 Å². The van der Waals surface area contributed by atoms with Crippen molar-refractivity contribution in [2.24, 2.45) is 11.8 Å². The van der Waals surface area contributed by atoms with E-state index in [1.807, 2.05) is 32.0 Å². The SMILES string of the molecule is CCCCC(CC)COCC(O)CNC(C)(C)C(CC(O)C(C)(C)NC(O)COCC(CC)CCCC)c1ccccc1. The fourth-order valence-electron chi connectivity index (χ4n) is 5.69. The van der Waals surface area contributed by atoms with Crippen LogP contribution in [0.4, 0.5) is 0 Å². The van der Waals surface area contributed by atoms with E-state index in [9.17, 15) is 15.3 Å². The summed E-state index contributed by atoms with van der Waals surface area (Å²) in [6.45, 7) is 19.1. The van der Waals surface area contributed by atoms with Crippen LogP contribution in [0, 0.1) is 11.8 Å². The molecule has 252 valence electrons. The van der Waals surface area contributed by atoms with E-state index in [4.69, 9.17) is 9.47 Å². The number of rotatable bonds is 26. The molecule has 0 amide bonds. The number of hydrogen-bond acceptors (Lipinski definition) is 7. The lowest BCUT2D eigenvalue weighted by molar-refractivity contribution is -0.0337. The second-order valence-electron chi connectivity index (χ2n) is 13.8. The molecule has 6 atom stereocenters. The van der Waals surface area contributed by atoms with Crippen molar-refractivity contribution in [3.05, 3.63) is 35.9 Å². The fraction of sp³-hybridized carbons (Fsp3) is 0.833. The average Bonchev–Trinajstić information content (AvgIpc) is 2.98. The monoisotopic (exact) mass is 609 g/mol. The van der Waals surface area contributed by atoms with E-state index < -0.39 is 29.5 Å². The van der Waals surface area contributed by atoms with Crippen LogP contribution in [0.3, 0.4) is 0 Å². The van der Waals surface area contributed by atoms with Crippen molar-refractivity contribution in [2.75, 3.05) is 33.0 Å². The summed E-state index contributed by atoms with van der Waals surface area (Å²) in [4.78, 5) is 0. The molecule has 0 saturated heterocycles. The average molecular weight is 609 g/mol. The Hall–Kier alpha value is -1.06. The van der Waals surface area contributed by atoms with Gasteiger partial charge in [0.25, 0.3) is 0 Å². The predicted molar refractivity (Wildman–Crippen MR) is 179 cm³/mol. The molecule has 0 fully saturated rings. The summed E-state index contributed by atoms with van der Waals surface area (Å²) in [6, 6.07) is 10.2. The van der Waals surface area contributed by atoms with Gasteiger partial charge in [0.2, 0.25) is 0 Å². The van der Waals surface area contributed by atoms with Gasteiger partial charge in [0.1, 0.15) is 6.23 Å². The first kappa shape index (κ1) is 40.0. The number of ether oxygens (including phenoxy) is 2. The predicted octanol–water partition coefficient (Wildman–Crippen LogP) is 6.40. The van der Waals surface area contributed by atoms with E-state index in [-0.39, 0.29) is 12.5 Å². The summed E-state index contributed by atoms with van der Waals surface area (Å²) >= 11 is 0. The molecular weight excluding hydrogens is 540 g/mol. The maximum absolute atomic E-state index is 11.5. The molecule has 5 N–H and O–H groups in total. The van der Waals surface area contributed by atoms with Crippen molar-refractivity contribution in [1.29, 1.82) is 0 Å². The zero-order valence-corrected chi connectivity index (χ0v) is 28.9. The molecule has 0 aliphatic carbocycles. The molecule has 1 aromatic rings. The minimum absolute atomic E-state index is 0.0475. The number of unbranched alkanes of at least 4 members (excludes halogenated alkanes) is 2. The van der Waals surface area contributed by atoms with E-state index in [2.05, 4.69) is 64.3 Å². The Morgan fingerprint density at radius 3 is 1.77 bits per heavy atom. The van der Waals surface area contributed by atoms with Crippen LogP contribution in [0.1, 0.15) is 125 Å². The Labute approximate surface area is 264 Å². The fourth-order valence-corrected chi connectivity index (χ4v) is 5.69. The molecule has 1 rings (SSSR count). The van der Waals surface area contributed by atoms with E-state index in [0.29, 0.717) is 44.6 Å². The van der Waals surface area contributed by atoms with Gasteiger partial charge in [-0.05, 0) is 64.4 Å². The molecule has 1 aromatic carbocycles. The molecule has 6 unspecified atom stereocenters. The number of aliphatic hydroxyl groups excluding tert-OH is 3. The lowest BCUT2D eigenvalue weighted by atomic mass is 9.75. The van der Waals surface area contributed by atoms with Gasteiger partial charge in [-0.2, -0.15) is 0 Å². The van der Waals surface area contributed by atoms with Gasteiger partial charge < -0.3 is 30.1 Å². The summed E-state index contributed by atoms with van der Waals surface area (Å²) in [6.07, 6.45) is 7.48. The Morgan fingerprint density at radius 1 is 0.721 bits per heavy atom. The first-order valence-electron chi connectivity index (χ1n) is 17.2. The lowest BCUT2D eigenvalue weighted by Gasteiger charge is -2.41. The van der Waals surface area contributed by atoms with Gasteiger partial charge in [-0.3, -0.25) is 5.32 Å². The standard InChI is InChI=1S/C36H68N2O5/c1-9-13-18-28(11-3)24-42-26-31(39)23-37-35(5,6)32(30-20-16-15-17-21-30)22-33(40)36(7,8)38-34(41)27-43-25-29(12-4)19-14-10-2/h15-17,20-21,28-29,31-34,37-41H,9-14,18-19,22-27H2,1-8H3. The highest BCUT2D eigenvalue weighted by Gasteiger charge is 2.38. The van der Waals surface area contributed by atoms with E-state index >= 15 is 0 Å². The second kappa shape index (κ2) is 21.6. The molecule has 0 saturated carbocycles. The van der Waals surface area contributed by atoms with Crippen LogP contribution in [-0.2, 0) is 9.47 Å². The van der Waals surface area contributed by atoms with Gasteiger partial charge in [0.15, 0.2) is 0 Å². The second-order valence-corrected chi connectivity index (χ2v) is 13.8. The van der Waals surface area contributed by atoms with Gasteiger partial charge in [0, 0.05) is 36.8 Å². The number of nitrogens with one attached hydrogen (secondary N) is 2. The molecule has 7 heteroatoms. The Morgan fingerprint density at radius 2 is 1.26 bits per heavy atom. The number of aliphatic hydroxyl groups is 3. The molecular formula is C36H68N2O5. The summed E-state index contributed by atoms with van der Waals surface area (Å²) in [5.74, 6) is 1.01. The van der Waals surface area contributed by atoms with Crippen LogP contribution in [-0.4, -0.2) is 77.8 Å². The van der Waals surface area contributed by atoms with Gasteiger partial charge >= 0.3 is 0 Å². The van der Waals surface area contributed by atoms with Gasteiger partial charge in [0.05, 0.1) is 25.4 Å². The largest absolute Gasteiger partial charge is 0.391 e. The van der Waals surface area contributed by atoms with E-state index in [0.717, 1.165) is 24.8 Å². The molecule has 0 aliphatic heterocycles. The molecule has 0 aliphatic rings. The molecule has 0 bridgehead atoms. The summed E-state index contributed by atoms with van der Waals surface area (Å²) in [5.41, 5.74) is -0.0648. The maximum atomic E-state index is 11.5. The molecule has 43 heavy (non-hydrogen) atoms. The van der Waals surface area contributed by atoms with E-state index in [1.165, 1.54) is 32.1 Å². The van der Waals surface area contributed by atoms with Crippen LogP contribution in [0.2, 0.25) is 0 Å². The third-order valence-corrected chi connectivity index (χ3v) is 9.08. The van der Waals surface area contributed by atoms with Crippen molar-refractivity contribution < 1.29 is 24.8 Å². The van der Waals surface area contributed by atoms with Crippen molar-refractivity contribution in [3.63, 3.8) is 0 Å². The van der Waals surface area contributed by atoms with Crippen molar-refractivity contribution >= 4 is 0 Å². The van der Waals surface area contributed by atoms with Gasteiger partial charge in [-0.15, -0.1) is 0 Å². The third kappa shape index (κ3) is 16.2. The van der Waals surface area contributed by atoms with Crippen LogP contribution in [0.5, 0.6) is 0 Å². The first-order valence-corrected chi connectivity index (χ1v) is 17.2. The first-order chi connectivity index (χ1) is 20.4. The summed E-state index contributed by atoms with van der Waals surface area (Å²) in [5, 5.41) is 39.7. The summed E-state index contributed by atoms with van der Waals surface area (Å²) in [7, 11) is 0. The highest BCUT2D eigenvalue weighted by atomic mass is 16.5. The Kier molecular flexibility index (Phi) is 20.1. The molecule has 0 radical (unpaired) electrons. The zero-order chi connectivity index (χ0) is 32.3. The maximum Gasteiger partial charge on any atom is 0.129 e. The molecule has 0 aromatic heterocycles. The van der Waals surface area contributed by atoms with Crippen LogP contribution in [0.15, 0.2) is 30.3 Å². The van der Waals surface area contributed by atoms with Crippen LogP contribution < -0.4 is 10.6 Å². The Balaban J connectivity index is 2.76. The lowest BCUT2D eigenvalue weighted by Crippen LogP contribution is -2.57. The van der Waals surface area contributed by atoms with E-state index in [1.54, 1.807) is 0 Å². The minimum Gasteiger partial charge on any atom is -0.391 e. The highest BCUT2D eigenvalue weighted by Crippen LogP contribution is 2.34. The van der Waals surface area contributed by atoms with Gasteiger partial charge in [-0.25, -0.2) is 0 Å². The van der Waals surface area contributed by atoms with Crippen LogP contribution >= 0.6 is 0 Å². The van der Waals surface area contributed by atoms with Crippen molar-refractivity contribution in [2.45, 2.75) is 149 Å². The number of hydrogen-bond donors (Lipinski definition) is 5. The third-order valence-electron chi connectivity index (χ3n) is 9.08. The zero-order valence-electron chi connectivity index (χ0n) is 28.9. The summed E-state index contributed by atoms with van der Waals surface area (Å²) < 4.78 is 11.8. The molecule has 7 nitrogen and oxygen atoms in total. The van der Waals surface area contributed by atoms with Crippen molar-refractivity contribution in [1.82, 2.24) is 10.6 Å². The van der Waals surface area contributed by atoms with Gasteiger partial charge in [-0.1, -0.05) is 96.6 Å².